The topological polar surface area (TPSA) is 16.4 Å². The number of hydrogen-bond acceptors (Lipinski definition) is 3. The predicted molar refractivity (Wildman–Crippen MR) is 306 cm³/mol. The van der Waals surface area contributed by atoms with E-state index in [-0.39, 0.29) is 5.41 Å². The Morgan fingerprint density at radius 2 is 0.861 bits per heavy atom. The van der Waals surface area contributed by atoms with Gasteiger partial charge in [0.15, 0.2) is 0 Å². The molecule has 2 nitrogen and oxygen atoms in total. The molecule has 0 amide bonds. The fraction of sp³-hybridized carbons (Fsp3) is 0.0435. The van der Waals surface area contributed by atoms with Gasteiger partial charge in [-0.15, -0.1) is 11.3 Å². The molecule has 3 heteroatoms. The standard InChI is InChI=1S/C69H47NOS/c1-69(2)62-36-29-50(40-61(62)68-59(47-16-7-4-8-17-47)41-52(42-63(68)69)44-14-5-3-6-15-44)48-18-13-19-55(38-48)70(53-31-24-45(25-32-53)49-30-37-65-60(39-49)56-20-9-11-22-64(56)71-65)54-33-26-46(27-34-54)51-28-35-58-57-21-10-12-23-66(57)72-67(58)43-51/h3-43H,1-2H3. The molecule has 0 atom stereocenters. The van der Waals surface area contributed by atoms with E-state index < -0.39 is 0 Å². The summed E-state index contributed by atoms with van der Waals surface area (Å²) in [6, 6.07) is 91.2. The molecule has 0 saturated carbocycles. The minimum atomic E-state index is -0.184. The Morgan fingerprint density at radius 3 is 1.62 bits per heavy atom. The Kier molecular flexibility index (Phi) is 9.77. The van der Waals surface area contributed by atoms with E-state index in [1.807, 2.05) is 23.5 Å². The number of thiophene rings is 1. The molecule has 13 aromatic rings. The smallest absolute Gasteiger partial charge is 0.135 e. The first kappa shape index (κ1) is 42.1. The van der Waals surface area contributed by atoms with Gasteiger partial charge >= 0.3 is 0 Å². The van der Waals surface area contributed by atoms with Crippen LogP contribution in [0.5, 0.6) is 0 Å². The van der Waals surface area contributed by atoms with Crippen LogP contribution in [-0.2, 0) is 5.41 Å². The van der Waals surface area contributed by atoms with Crippen LogP contribution in [0, 0.1) is 0 Å². The lowest BCUT2D eigenvalue weighted by Crippen LogP contribution is -2.15. The van der Waals surface area contributed by atoms with Crippen molar-refractivity contribution in [2.24, 2.45) is 0 Å². The van der Waals surface area contributed by atoms with Gasteiger partial charge in [0.05, 0.1) is 0 Å². The van der Waals surface area contributed by atoms with Crippen molar-refractivity contribution in [3.05, 3.63) is 260 Å². The van der Waals surface area contributed by atoms with Crippen LogP contribution >= 0.6 is 11.3 Å². The number of furan rings is 1. The Hall–Kier alpha value is -8.76. The highest BCUT2D eigenvalue weighted by Gasteiger charge is 2.38. The molecule has 0 aliphatic heterocycles. The Balaban J connectivity index is 0.871. The van der Waals surface area contributed by atoms with Crippen molar-refractivity contribution in [1.29, 1.82) is 0 Å². The van der Waals surface area contributed by atoms with Gasteiger partial charge in [-0.1, -0.05) is 178 Å². The second kappa shape index (κ2) is 16.7. The molecule has 0 bridgehead atoms. The summed E-state index contributed by atoms with van der Waals surface area (Å²) in [6.45, 7) is 4.77. The lowest BCUT2D eigenvalue weighted by atomic mass is 9.80. The number of nitrogens with zero attached hydrogens (tertiary/aromatic N) is 1. The molecule has 1 aliphatic rings. The highest BCUT2D eigenvalue weighted by Crippen LogP contribution is 2.54. The molecule has 2 heterocycles. The molecular weight excluding hydrogens is 891 g/mol. The lowest BCUT2D eigenvalue weighted by molar-refractivity contribution is 0.661. The van der Waals surface area contributed by atoms with Crippen molar-refractivity contribution in [3.63, 3.8) is 0 Å². The van der Waals surface area contributed by atoms with E-state index in [4.69, 9.17) is 4.42 Å². The van der Waals surface area contributed by atoms with Gasteiger partial charge in [-0.05, 0) is 163 Å². The average Bonchev–Trinajstić information content (AvgIpc) is 4.08. The summed E-state index contributed by atoms with van der Waals surface area (Å²) in [4.78, 5) is 2.39. The first-order valence-corrected chi connectivity index (χ1v) is 25.6. The second-order valence-corrected chi connectivity index (χ2v) is 20.7. The molecule has 0 radical (unpaired) electrons. The molecule has 0 N–H and O–H groups in total. The summed E-state index contributed by atoms with van der Waals surface area (Å²) in [6.07, 6.45) is 0. The summed E-state index contributed by atoms with van der Waals surface area (Å²) in [5, 5.41) is 4.90. The van der Waals surface area contributed by atoms with E-state index >= 15 is 0 Å². The van der Waals surface area contributed by atoms with Gasteiger partial charge in [-0.3, -0.25) is 0 Å². The maximum Gasteiger partial charge on any atom is 0.135 e. The molecule has 2 aromatic heterocycles. The van der Waals surface area contributed by atoms with Crippen LogP contribution in [0.4, 0.5) is 17.1 Å². The lowest BCUT2D eigenvalue weighted by Gasteiger charge is -2.26. The molecular formula is C69H47NOS. The first-order valence-electron chi connectivity index (χ1n) is 24.8. The monoisotopic (exact) mass is 937 g/mol. The summed E-state index contributed by atoms with van der Waals surface area (Å²) < 4.78 is 8.81. The van der Waals surface area contributed by atoms with Crippen LogP contribution in [0.2, 0.25) is 0 Å². The second-order valence-electron chi connectivity index (χ2n) is 19.7. The molecule has 0 saturated heterocycles. The zero-order valence-corrected chi connectivity index (χ0v) is 40.8. The van der Waals surface area contributed by atoms with Gasteiger partial charge < -0.3 is 9.32 Å². The van der Waals surface area contributed by atoms with Crippen LogP contribution in [0.15, 0.2) is 253 Å². The molecule has 1 aliphatic carbocycles. The third kappa shape index (κ3) is 7.00. The molecule has 0 fully saturated rings. The minimum Gasteiger partial charge on any atom is -0.456 e. The van der Waals surface area contributed by atoms with Crippen molar-refractivity contribution in [2.75, 3.05) is 4.90 Å². The van der Waals surface area contributed by atoms with Crippen LogP contribution in [-0.4, -0.2) is 0 Å². The van der Waals surface area contributed by atoms with Crippen LogP contribution in [0.1, 0.15) is 25.0 Å². The third-order valence-corrected chi connectivity index (χ3v) is 16.2. The van der Waals surface area contributed by atoms with Gasteiger partial charge in [0.1, 0.15) is 11.2 Å². The quantitative estimate of drug-likeness (QED) is 0.151. The van der Waals surface area contributed by atoms with Gasteiger partial charge in [-0.2, -0.15) is 0 Å². The normalized spacial score (nSPS) is 12.7. The zero-order valence-electron chi connectivity index (χ0n) is 39.9. The maximum atomic E-state index is 6.18. The number of para-hydroxylation sites is 1. The SMILES string of the molecule is CC1(C)c2ccc(-c3cccc(N(c4ccc(-c5ccc6c(c5)sc5ccccc56)cc4)c4ccc(-c5ccc6oc7ccccc7c6c5)cc4)c3)cc2-c2c(-c3ccccc3)cc(-c3ccccc3)cc21. The van der Waals surface area contributed by atoms with E-state index in [1.54, 1.807) is 0 Å². The minimum absolute atomic E-state index is 0.184. The highest BCUT2D eigenvalue weighted by molar-refractivity contribution is 7.25. The van der Waals surface area contributed by atoms with Gasteiger partial charge in [0, 0.05) is 53.4 Å². The fourth-order valence-electron chi connectivity index (χ4n) is 11.4. The summed E-state index contributed by atoms with van der Waals surface area (Å²) >= 11 is 1.86. The van der Waals surface area contributed by atoms with Crippen molar-refractivity contribution < 1.29 is 4.42 Å². The highest BCUT2D eigenvalue weighted by atomic mass is 32.1. The van der Waals surface area contributed by atoms with Gasteiger partial charge in [-0.25, -0.2) is 0 Å². The fourth-order valence-corrected chi connectivity index (χ4v) is 12.5. The van der Waals surface area contributed by atoms with Crippen LogP contribution in [0.3, 0.4) is 0 Å². The third-order valence-electron chi connectivity index (χ3n) is 15.1. The molecule has 14 rings (SSSR count). The van der Waals surface area contributed by atoms with E-state index in [2.05, 4.69) is 255 Å². The van der Waals surface area contributed by atoms with Crippen molar-refractivity contribution in [3.8, 4) is 66.8 Å². The number of rotatable bonds is 8. The van der Waals surface area contributed by atoms with Gasteiger partial charge in [0.2, 0.25) is 0 Å². The molecule has 0 spiro atoms. The number of fused-ring (bicyclic) bond motifs is 9. The predicted octanol–water partition coefficient (Wildman–Crippen LogP) is 20.1. The van der Waals surface area contributed by atoms with Crippen molar-refractivity contribution in [1.82, 2.24) is 0 Å². The number of hydrogen-bond donors (Lipinski definition) is 0. The summed E-state index contributed by atoms with van der Waals surface area (Å²) in [7, 11) is 0. The summed E-state index contributed by atoms with van der Waals surface area (Å²) in [5.74, 6) is 0. The van der Waals surface area contributed by atoms with E-state index in [1.165, 1.54) is 86.9 Å². The molecule has 11 aromatic carbocycles. The van der Waals surface area contributed by atoms with E-state index in [0.29, 0.717) is 0 Å². The largest absolute Gasteiger partial charge is 0.456 e. The molecule has 72 heavy (non-hydrogen) atoms. The van der Waals surface area contributed by atoms with Crippen molar-refractivity contribution in [2.45, 2.75) is 19.3 Å². The molecule has 340 valence electrons. The van der Waals surface area contributed by atoms with Crippen molar-refractivity contribution >= 4 is 70.5 Å². The Labute approximate surface area is 423 Å². The van der Waals surface area contributed by atoms with Gasteiger partial charge in [0.25, 0.3) is 0 Å². The Bertz CT molecular complexity index is 4220. The summed E-state index contributed by atoms with van der Waals surface area (Å²) in [5.41, 5.74) is 22.3. The van der Waals surface area contributed by atoms with E-state index in [9.17, 15) is 0 Å². The average molecular weight is 938 g/mol. The zero-order chi connectivity index (χ0) is 47.9. The number of anilines is 3. The van der Waals surface area contributed by atoms with Crippen LogP contribution < -0.4 is 4.90 Å². The maximum absolute atomic E-state index is 6.18. The first-order chi connectivity index (χ1) is 35.4. The van der Waals surface area contributed by atoms with E-state index in [0.717, 1.165) is 50.1 Å². The Morgan fingerprint density at radius 1 is 0.319 bits per heavy atom. The number of benzene rings is 11. The molecule has 0 unspecified atom stereocenters. The van der Waals surface area contributed by atoms with Crippen LogP contribution in [0.25, 0.3) is 109 Å².